The molecule has 4 heteroatoms. The molecule has 3 aliphatic carbocycles. The lowest BCUT2D eigenvalue weighted by Crippen LogP contribution is -2.28. The molecule has 0 radical (unpaired) electrons. The molecule has 0 saturated heterocycles. The first kappa shape index (κ1) is 31.9. The van der Waals surface area contributed by atoms with Crippen LogP contribution in [0, 0.1) is 0 Å². The van der Waals surface area contributed by atoms with Crippen molar-refractivity contribution in [3.8, 4) is 11.4 Å². The molecule has 2 nitrogen and oxygen atoms in total. The maximum atomic E-state index is 2.57. The smallest absolute Gasteiger partial charge is 0.0640 e. The van der Waals surface area contributed by atoms with E-state index in [9.17, 15) is 0 Å². The largest absolute Gasteiger partial charge is 0.308 e. The van der Waals surface area contributed by atoms with Gasteiger partial charge < -0.3 is 9.13 Å². The number of para-hydroxylation sites is 2. The second kappa shape index (κ2) is 11.4. The minimum absolute atomic E-state index is 0.0716. The molecule has 4 aromatic heterocycles. The van der Waals surface area contributed by atoms with Crippen LogP contribution in [0.15, 0.2) is 182 Å². The minimum atomic E-state index is 0.0716. The minimum Gasteiger partial charge on any atom is -0.308 e. The van der Waals surface area contributed by atoms with Gasteiger partial charge >= 0.3 is 0 Å². The zero-order valence-electron chi connectivity index (χ0n) is 32.2. The number of benzene rings is 9. The number of rotatable bonds is 2. The maximum Gasteiger partial charge on any atom is 0.0640 e. The molecule has 16 rings (SSSR count). The van der Waals surface area contributed by atoms with Gasteiger partial charge in [0.25, 0.3) is 0 Å². The van der Waals surface area contributed by atoms with E-state index in [2.05, 4.69) is 191 Å². The predicted molar refractivity (Wildman–Crippen MR) is 256 cm³/mol. The van der Waals surface area contributed by atoms with Crippen molar-refractivity contribution < 1.29 is 0 Å². The lowest BCUT2D eigenvalue weighted by molar-refractivity contribution is 0.768. The van der Waals surface area contributed by atoms with Gasteiger partial charge in [-0.1, -0.05) is 133 Å². The molecule has 0 amide bonds. The van der Waals surface area contributed by atoms with Gasteiger partial charge in [-0.3, -0.25) is 0 Å². The highest BCUT2D eigenvalue weighted by Gasteiger charge is 2.44. The van der Waals surface area contributed by atoms with Crippen LogP contribution in [-0.4, -0.2) is 9.13 Å². The number of fused-ring (bicyclic) bond motifs is 12. The SMILES string of the molecule is c1ccc2c(c1)C1c3ccc4c(c3C2c2c1ccc1c2c2ccccc2n1-c1cccc2c1sc1ccccc12)c1ccccc1n4-c1cccc2c1sc1ccccc12. The number of aromatic nitrogens is 2. The van der Waals surface area contributed by atoms with Gasteiger partial charge in [0.05, 0.1) is 42.8 Å². The summed E-state index contributed by atoms with van der Waals surface area (Å²) in [4.78, 5) is 0. The molecule has 0 spiro atoms. The molecule has 60 heavy (non-hydrogen) atoms. The van der Waals surface area contributed by atoms with Crippen LogP contribution in [0.1, 0.15) is 45.2 Å². The average molecular weight is 797 g/mol. The first-order valence-corrected chi connectivity index (χ1v) is 22.5. The van der Waals surface area contributed by atoms with E-state index in [1.54, 1.807) is 0 Å². The predicted octanol–water partition coefficient (Wildman–Crippen LogP) is 15.6. The van der Waals surface area contributed by atoms with Gasteiger partial charge in [-0.15, -0.1) is 22.7 Å². The molecule has 278 valence electrons. The van der Waals surface area contributed by atoms with E-state index in [-0.39, 0.29) is 11.8 Å². The Morgan fingerprint density at radius 2 is 0.717 bits per heavy atom. The molecule has 2 bridgehead atoms. The fourth-order valence-electron chi connectivity index (χ4n) is 11.7. The summed E-state index contributed by atoms with van der Waals surface area (Å²) in [5, 5.41) is 10.7. The summed E-state index contributed by atoms with van der Waals surface area (Å²) in [6.45, 7) is 0. The van der Waals surface area contributed by atoms with E-state index in [0.29, 0.717) is 0 Å². The summed E-state index contributed by atoms with van der Waals surface area (Å²) in [5.41, 5.74) is 16.3. The molecule has 0 aliphatic heterocycles. The summed E-state index contributed by atoms with van der Waals surface area (Å²) in [5.74, 6) is 0.216. The Bertz CT molecular complexity index is 3800. The third kappa shape index (κ3) is 3.85. The second-order valence-corrected chi connectivity index (χ2v) is 18.7. The molecule has 0 atom stereocenters. The fourth-order valence-corrected chi connectivity index (χ4v) is 14.1. The van der Waals surface area contributed by atoms with Gasteiger partial charge in [0, 0.05) is 64.3 Å². The summed E-state index contributed by atoms with van der Waals surface area (Å²) in [6, 6.07) is 68.9. The van der Waals surface area contributed by atoms with Crippen LogP contribution in [0.4, 0.5) is 0 Å². The van der Waals surface area contributed by atoms with Crippen molar-refractivity contribution in [3.05, 3.63) is 215 Å². The van der Waals surface area contributed by atoms with Gasteiger partial charge in [-0.2, -0.15) is 0 Å². The third-order valence-corrected chi connectivity index (χ3v) is 16.3. The Balaban J connectivity index is 1.06. The highest BCUT2D eigenvalue weighted by atomic mass is 32.1. The van der Waals surface area contributed by atoms with Crippen molar-refractivity contribution >= 4 is 107 Å². The maximum absolute atomic E-state index is 2.57. The molecular weight excluding hydrogens is 765 g/mol. The Morgan fingerprint density at radius 3 is 1.23 bits per heavy atom. The van der Waals surface area contributed by atoms with Crippen LogP contribution in [-0.2, 0) is 0 Å². The highest BCUT2D eigenvalue weighted by Crippen LogP contribution is 2.61. The van der Waals surface area contributed by atoms with E-state index in [1.807, 2.05) is 22.7 Å². The quantitative estimate of drug-likeness (QED) is 0.165. The molecule has 13 aromatic rings. The number of nitrogens with zero attached hydrogens (tertiary/aromatic N) is 2. The van der Waals surface area contributed by atoms with Gasteiger partial charge in [-0.05, 0) is 81.9 Å². The first-order chi connectivity index (χ1) is 29.8. The number of hydrogen-bond donors (Lipinski definition) is 0. The van der Waals surface area contributed by atoms with E-state index >= 15 is 0 Å². The van der Waals surface area contributed by atoms with Crippen molar-refractivity contribution in [3.63, 3.8) is 0 Å². The van der Waals surface area contributed by atoms with Crippen LogP contribution < -0.4 is 0 Å². The average Bonchev–Trinajstić information content (AvgIpc) is 4.06. The molecule has 0 saturated carbocycles. The standard InChI is InChI=1S/C56H32N2S2/c1-2-16-34-33(15-1)49-39-27-29-43-50(37-17-3-7-21-41(37)57(43)45-23-11-19-35-31-13-5-9-25-47(31)59-55(35)45)53(39)52(34)54-40(49)28-30-44-51(54)38-18-4-8-22-42(38)58(44)46-24-12-20-36-32-14-6-10-26-48(32)60-56(36)46/h1-30,49,52H. The van der Waals surface area contributed by atoms with E-state index in [0.717, 1.165) is 0 Å². The van der Waals surface area contributed by atoms with Crippen LogP contribution >= 0.6 is 22.7 Å². The highest BCUT2D eigenvalue weighted by molar-refractivity contribution is 7.26. The lowest BCUT2D eigenvalue weighted by atomic mass is 9.59. The zero-order valence-corrected chi connectivity index (χ0v) is 33.8. The normalized spacial score (nSPS) is 15.7. The Morgan fingerprint density at radius 1 is 0.300 bits per heavy atom. The Kier molecular flexibility index (Phi) is 6.07. The lowest BCUT2D eigenvalue weighted by Gasteiger charge is -2.43. The monoisotopic (exact) mass is 796 g/mol. The van der Waals surface area contributed by atoms with E-state index < -0.39 is 0 Å². The molecule has 0 N–H and O–H groups in total. The van der Waals surface area contributed by atoms with Gasteiger partial charge in [0.15, 0.2) is 0 Å². The number of hydrogen-bond acceptors (Lipinski definition) is 2. The topological polar surface area (TPSA) is 9.86 Å². The molecule has 9 aromatic carbocycles. The van der Waals surface area contributed by atoms with E-state index in [4.69, 9.17) is 0 Å². The van der Waals surface area contributed by atoms with Crippen LogP contribution in [0.2, 0.25) is 0 Å². The molecular formula is C56H32N2S2. The van der Waals surface area contributed by atoms with Crippen LogP contribution in [0.25, 0.3) is 95.3 Å². The zero-order chi connectivity index (χ0) is 38.8. The second-order valence-electron chi connectivity index (χ2n) is 16.6. The van der Waals surface area contributed by atoms with Gasteiger partial charge in [0.1, 0.15) is 0 Å². The summed E-state index contributed by atoms with van der Waals surface area (Å²) in [6.07, 6.45) is 0. The molecule has 4 heterocycles. The van der Waals surface area contributed by atoms with Crippen molar-refractivity contribution in [2.45, 2.75) is 11.8 Å². The van der Waals surface area contributed by atoms with Crippen molar-refractivity contribution in [1.82, 2.24) is 9.13 Å². The van der Waals surface area contributed by atoms with Crippen LogP contribution in [0.5, 0.6) is 0 Å². The first-order valence-electron chi connectivity index (χ1n) is 20.8. The third-order valence-electron chi connectivity index (χ3n) is 13.9. The van der Waals surface area contributed by atoms with Crippen LogP contribution in [0.3, 0.4) is 0 Å². The fraction of sp³-hybridized carbons (Fsp3) is 0.0357. The summed E-state index contributed by atoms with van der Waals surface area (Å²) >= 11 is 3.82. The molecule has 0 fully saturated rings. The summed E-state index contributed by atoms with van der Waals surface area (Å²) in [7, 11) is 0. The molecule has 3 aliphatic rings. The Hall–Kier alpha value is -6.98. The van der Waals surface area contributed by atoms with Gasteiger partial charge in [0.2, 0.25) is 0 Å². The van der Waals surface area contributed by atoms with Gasteiger partial charge in [-0.25, -0.2) is 0 Å². The Labute approximate surface area is 352 Å². The van der Waals surface area contributed by atoms with Crippen molar-refractivity contribution in [2.24, 2.45) is 0 Å². The number of thiophene rings is 2. The molecule has 0 unspecified atom stereocenters. The summed E-state index contributed by atoms with van der Waals surface area (Å²) < 4.78 is 10.5. The van der Waals surface area contributed by atoms with Crippen molar-refractivity contribution in [2.75, 3.05) is 0 Å². The van der Waals surface area contributed by atoms with Crippen molar-refractivity contribution in [1.29, 1.82) is 0 Å². The van der Waals surface area contributed by atoms with E-state index in [1.165, 1.54) is 129 Å².